The molecule has 0 aliphatic rings. The standard InChI is InChI=1S/C32H34FN5O9.C31H36FN5O9.C30H34FN5O9/c1-5-12-38(16-19-14-22-25(13-17(19)2)35-18(3)36-28(22)42)20-6-7-21(23(33)15-20)29(43)37(4)32(31(46)47,11-10-27(40)41)26(39)9-8-24(34)30(44)45;1-5-37(15-18-13-21-24(12-16(18)2)34-17(3)35-27(21)41)19-6-7-20(22(32)14-19)28(42)36(4)31(30(45)46,11-10-26(39)40)25(38)9-8-23(33)29(43)44;1-15-11-23-20(26(40)34-16(2)33-23)12-17(15)14-35(3)18-5-6-19(21(31)13-18)27(41)36(4)30(29(44)45,10-9-25(38)39)24(37)8-7-22(32)28(42)43/h1,6-7,13-15,24H,8-12,16,34H2,2-4H3,(H,40,41)(H,44,45)(H,46,47)(H,35,36,42);6-7,12-14,23H,5,8-11,15,33H2,1-4H3,(H,39,40)(H,43,44)(H,45,46)(H,34,35,41);5-6,11-13,22H,7-10,14,32H2,1-4H3,(H,38,39)(H,42,43)(H,44,45)(H,33,34,40)/t24-,32+;23-,31+;22-,30+/m000/s1. The summed E-state index contributed by atoms with van der Waals surface area (Å²) in [5.41, 5.74) is 12.6. The molecule has 734 valence electrons. The van der Waals surface area contributed by atoms with E-state index in [1.165, 1.54) is 18.2 Å². The number of aliphatic carboxylic acids is 9. The number of aromatic amines is 3. The molecule has 0 radical (unpaired) electrons. The summed E-state index contributed by atoms with van der Waals surface area (Å²) in [5.74, 6) is -20.7. The molecule has 45 heteroatoms. The minimum absolute atomic E-state index is 0.00306. The highest BCUT2D eigenvalue weighted by Crippen LogP contribution is 2.36. The average molecular weight is 1920 g/mol. The van der Waals surface area contributed by atoms with Crippen LogP contribution in [0.25, 0.3) is 32.7 Å². The van der Waals surface area contributed by atoms with Gasteiger partial charge in [-0.1, -0.05) is 5.92 Å². The molecule has 0 bridgehead atoms. The number of anilines is 3. The number of carbonyl (C=O) groups excluding carboxylic acids is 6. The van der Waals surface area contributed by atoms with E-state index < -0.39 is 235 Å². The molecule has 3 amide bonds. The second-order valence-electron chi connectivity index (χ2n) is 32.8. The number of hydrogen-bond donors (Lipinski definition) is 15. The van der Waals surface area contributed by atoms with Crippen LogP contribution in [-0.4, -0.2) is 255 Å². The lowest BCUT2D eigenvalue weighted by atomic mass is 9.83. The quantitative estimate of drug-likeness (QED) is 0.0156. The molecular weight excluding hydrogens is 1820 g/mol. The van der Waals surface area contributed by atoms with Crippen LogP contribution < -0.4 is 48.6 Å². The number of fused-ring (bicyclic) bond motifs is 3. The van der Waals surface area contributed by atoms with Crippen molar-refractivity contribution in [2.75, 3.05) is 56.0 Å². The number of rotatable bonds is 44. The van der Waals surface area contributed by atoms with Crippen LogP contribution in [0.1, 0.15) is 166 Å². The predicted molar refractivity (Wildman–Crippen MR) is 491 cm³/mol. The predicted octanol–water partition coefficient (Wildman–Crippen LogP) is 5.90. The molecule has 9 aromatic rings. The Balaban J connectivity index is 0.000000282. The first kappa shape index (κ1) is 109. The first-order valence-electron chi connectivity index (χ1n) is 42.3. The zero-order valence-corrected chi connectivity index (χ0v) is 76.8. The SMILES string of the molecule is C#CCN(Cc1cc2c(=O)[nH]c(C)nc2cc1C)c1ccc(C(=O)N(C)[C@@](CCC(=O)O)(C(=O)O)C(=O)CC[C@H](N)C(=O)O)c(F)c1.CCN(Cc1cc2c(=O)[nH]c(C)nc2cc1C)c1ccc(C(=O)N(C)[C@@](CCC(=O)O)(C(=O)O)C(=O)CC[C@H](N)C(=O)O)c(F)c1.Cc1nc2cc(C)c(CN(C)c3ccc(C(=O)N(C)[C@@](CCC(=O)O)(C(=O)O)C(=O)CC[C@H](N)C(=O)O)c(F)c3)cc2c(=O)[nH]1. The third kappa shape index (κ3) is 25.3. The third-order valence-electron chi connectivity index (χ3n) is 23.5. The molecule has 0 fully saturated rings. The highest BCUT2D eigenvalue weighted by atomic mass is 19.1. The largest absolute Gasteiger partial charge is 0.481 e. The lowest BCUT2D eigenvalue weighted by molar-refractivity contribution is -0.158. The van der Waals surface area contributed by atoms with E-state index in [9.17, 15) is 117 Å². The van der Waals surface area contributed by atoms with Gasteiger partial charge in [-0.2, -0.15) is 0 Å². The van der Waals surface area contributed by atoms with E-state index in [1.807, 2.05) is 27.7 Å². The number of terminal acetylenes is 1. The summed E-state index contributed by atoms with van der Waals surface area (Å²) in [6, 6.07) is 16.5. The van der Waals surface area contributed by atoms with Crippen LogP contribution in [0.3, 0.4) is 0 Å². The van der Waals surface area contributed by atoms with Crippen molar-refractivity contribution in [2.45, 2.75) is 180 Å². The van der Waals surface area contributed by atoms with Gasteiger partial charge in [-0.05, 0) is 211 Å². The number of halogens is 3. The van der Waals surface area contributed by atoms with Crippen LogP contribution in [0, 0.1) is 71.3 Å². The topological polar surface area (TPSA) is 673 Å². The fraction of sp³-hybridized carbons (Fsp3) is 0.366. The normalized spacial score (nSPS) is 13.0. The lowest BCUT2D eigenvalue weighted by Crippen LogP contribution is -2.61. The number of hydrogen-bond acceptors (Lipinski definition) is 27. The number of likely N-dealkylation sites (N-methyl/N-ethyl adjacent to an activating group) is 3. The Morgan fingerprint density at radius 1 is 0.399 bits per heavy atom. The van der Waals surface area contributed by atoms with Crippen molar-refractivity contribution in [2.24, 2.45) is 17.2 Å². The number of nitrogens with two attached hydrogens (primary N) is 3. The fourth-order valence-corrected chi connectivity index (χ4v) is 15.4. The maximum absolute atomic E-state index is 15.6. The number of nitrogens with zero attached hydrogens (tertiary/aromatic N) is 9. The molecule has 9 rings (SSSR count). The fourth-order valence-electron chi connectivity index (χ4n) is 15.4. The molecule has 138 heavy (non-hydrogen) atoms. The van der Waals surface area contributed by atoms with E-state index in [0.29, 0.717) is 88.4 Å². The first-order valence-corrected chi connectivity index (χ1v) is 42.3. The maximum atomic E-state index is 15.6. The van der Waals surface area contributed by atoms with Crippen LogP contribution in [-0.2, 0) is 77.2 Å². The van der Waals surface area contributed by atoms with Crippen LogP contribution in [0.5, 0.6) is 0 Å². The highest BCUT2D eigenvalue weighted by Gasteiger charge is 2.55. The monoisotopic (exact) mass is 1920 g/mol. The molecule has 0 saturated carbocycles. The summed E-state index contributed by atoms with van der Waals surface area (Å²) in [6.07, 6.45) is -3.06. The van der Waals surface area contributed by atoms with Gasteiger partial charge in [-0.25, -0.2) is 42.5 Å². The zero-order valence-electron chi connectivity index (χ0n) is 76.8. The maximum Gasteiger partial charge on any atom is 0.337 e. The van der Waals surface area contributed by atoms with Crippen molar-refractivity contribution in [1.82, 2.24) is 44.6 Å². The van der Waals surface area contributed by atoms with E-state index in [4.69, 9.17) is 38.9 Å². The van der Waals surface area contributed by atoms with Crippen LogP contribution in [0.15, 0.2) is 105 Å². The Morgan fingerprint density at radius 2 is 0.667 bits per heavy atom. The summed E-state index contributed by atoms with van der Waals surface area (Å²) in [4.78, 5) is 250. The zero-order chi connectivity index (χ0) is 104. The Morgan fingerprint density at radius 3 is 0.928 bits per heavy atom. The van der Waals surface area contributed by atoms with Gasteiger partial charge in [-0.15, -0.1) is 6.42 Å². The van der Waals surface area contributed by atoms with Gasteiger partial charge in [0, 0.05) is 110 Å². The van der Waals surface area contributed by atoms with E-state index in [-0.39, 0.29) is 48.5 Å². The summed E-state index contributed by atoms with van der Waals surface area (Å²) in [5, 5.41) is 86.3. The van der Waals surface area contributed by atoms with Crippen molar-refractivity contribution < 1.29 is 131 Å². The van der Waals surface area contributed by atoms with Gasteiger partial charge in [0.05, 0.1) is 55.9 Å². The number of Topliss-reactive ketones (excluding diaryl/α,β-unsaturated/α-hetero) is 3. The van der Waals surface area contributed by atoms with Crippen LogP contribution in [0.2, 0.25) is 0 Å². The van der Waals surface area contributed by atoms with E-state index >= 15 is 13.2 Å². The van der Waals surface area contributed by atoms with Crippen molar-refractivity contribution in [3.05, 3.63) is 207 Å². The third-order valence-corrected chi connectivity index (χ3v) is 23.5. The number of aromatic nitrogens is 6. The van der Waals surface area contributed by atoms with Crippen molar-refractivity contribution in [3.63, 3.8) is 0 Å². The summed E-state index contributed by atoms with van der Waals surface area (Å²) >= 11 is 0. The Hall–Kier alpha value is -16.0. The molecule has 0 saturated heterocycles. The Labute approximate surface area is 783 Å². The molecule has 0 unspecified atom stereocenters. The number of ketones is 3. The van der Waals surface area contributed by atoms with Gasteiger partial charge in [0.1, 0.15) is 53.1 Å². The number of benzene rings is 6. The number of aryl methyl sites for hydroxylation is 6. The second kappa shape index (κ2) is 46.3. The molecule has 3 aromatic heterocycles. The molecule has 6 atom stereocenters. The molecule has 0 aliphatic carbocycles. The van der Waals surface area contributed by atoms with E-state index in [0.717, 1.165) is 85.4 Å². The molecule has 0 spiro atoms. The van der Waals surface area contributed by atoms with Gasteiger partial charge in [0.15, 0.2) is 34.0 Å². The molecule has 3 heterocycles. The molecule has 0 aliphatic heterocycles. The summed E-state index contributed by atoms with van der Waals surface area (Å²) in [7, 11) is 4.46. The van der Waals surface area contributed by atoms with Gasteiger partial charge >= 0.3 is 53.7 Å². The van der Waals surface area contributed by atoms with Gasteiger partial charge in [0.2, 0.25) is 0 Å². The van der Waals surface area contributed by atoms with Crippen molar-refractivity contribution in [1.29, 1.82) is 0 Å². The molecule has 42 nitrogen and oxygen atoms in total. The minimum Gasteiger partial charge on any atom is -0.481 e. The Kier molecular flexibility index (Phi) is 36.6. The van der Waals surface area contributed by atoms with Gasteiger partial charge < -0.3 is 108 Å². The van der Waals surface area contributed by atoms with E-state index in [1.54, 1.807) is 78.9 Å². The smallest absolute Gasteiger partial charge is 0.337 e. The number of nitrogens with one attached hydrogen (secondary N) is 3. The average Bonchev–Trinajstić information content (AvgIpc) is 0.769. The number of carboxylic acids is 9. The first-order chi connectivity index (χ1) is 64.5. The second-order valence-corrected chi connectivity index (χ2v) is 32.8. The van der Waals surface area contributed by atoms with Gasteiger partial charge in [0.25, 0.3) is 34.4 Å². The van der Waals surface area contributed by atoms with Crippen LogP contribution in [0.4, 0.5) is 30.2 Å². The van der Waals surface area contributed by atoms with Crippen molar-refractivity contribution >= 4 is 139 Å². The lowest BCUT2D eigenvalue weighted by Gasteiger charge is -2.37. The van der Waals surface area contributed by atoms with Gasteiger partial charge in [-0.3, -0.25) is 71.9 Å². The number of carboxylic acid groups (broad SMARTS) is 9. The van der Waals surface area contributed by atoms with Crippen LogP contribution >= 0.6 is 0 Å². The summed E-state index contributed by atoms with van der Waals surface area (Å²) < 4.78 is 46.7. The molecule has 18 N–H and O–H groups in total. The number of carbonyl (C=O) groups is 15. The summed E-state index contributed by atoms with van der Waals surface area (Å²) in [6.45, 7) is 13.4. The van der Waals surface area contributed by atoms with E-state index in [2.05, 4.69) is 35.8 Å². The molecule has 6 aromatic carbocycles. The van der Waals surface area contributed by atoms with Crippen molar-refractivity contribution in [3.8, 4) is 12.3 Å². The number of H-pyrrole nitrogens is 3. The number of amides is 3. The minimum atomic E-state index is -2.77. The Bertz CT molecular complexity index is 6580. The highest BCUT2D eigenvalue weighted by molar-refractivity contribution is 6.15. The molecular formula is C93H104F3N15O27.